The van der Waals surface area contributed by atoms with Crippen LogP contribution in [0.5, 0.6) is 0 Å². The largest absolute Gasteiger partial charge is 4.00 e. The molecule has 0 nitrogen and oxygen atoms in total. The second-order valence-corrected chi connectivity index (χ2v) is 8.20. The Hall–Kier alpha value is -1.04. The first-order chi connectivity index (χ1) is 10.6. The maximum Gasteiger partial charge on any atom is 4.00 e. The zero-order chi connectivity index (χ0) is 15.5. The molecule has 0 bridgehead atoms. The molecule has 112 valence electrons. The Kier molecular flexibility index (Phi) is 6.51. The molecule has 0 saturated carbocycles. The van der Waals surface area contributed by atoms with Crippen molar-refractivity contribution in [3.05, 3.63) is 78.4 Å². The molecule has 0 fully saturated rings. The number of hydrogen-bond donors (Lipinski definition) is 0. The Labute approximate surface area is 158 Å². The van der Waals surface area contributed by atoms with Crippen LogP contribution in [-0.2, 0) is 25.8 Å². The fourth-order valence-corrected chi connectivity index (χ4v) is 3.49. The molecule has 23 heavy (non-hydrogen) atoms. The molecule has 0 atom stereocenters. The summed E-state index contributed by atoms with van der Waals surface area (Å²) in [6, 6.07) is 26.0. The monoisotopic (exact) mass is 484 g/mol. The van der Waals surface area contributed by atoms with E-state index in [0.29, 0.717) is 0 Å². The Morgan fingerprint density at radius 3 is 1.78 bits per heavy atom. The van der Waals surface area contributed by atoms with E-state index < -0.39 is 0 Å². The fraction of sp³-hybridized carbons (Fsp3) is 0.143. The van der Waals surface area contributed by atoms with Crippen LogP contribution in [0.25, 0.3) is 21.5 Å². The third-order valence-corrected chi connectivity index (χ3v) is 5.17. The van der Waals surface area contributed by atoms with Crippen molar-refractivity contribution in [3.63, 3.8) is 0 Å². The molecular formula is C21H21HfP+2. The molecule has 4 aromatic rings. The van der Waals surface area contributed by atoms with E-state index >= 15 is 0 Å². The summed E-state index contributed by atoms with van der Waals surface area (Å²) in [5.74, 6) is 0. The van der Waals surface area contributed by atoms with E-state index in [4.69, 9.17) is 0 Å². The van der Waals surface area contributed by atoms with E-state index in [1.807, 2.05) is 0 Å². The van der Waals surface area contributed by atoms with Gasteiger partial charge in [0.25, 0.3) is 0 Å². The van der Waals surface area contributed by atoms with Crippen molar-refractivity contribution in [1.29, 1.82) is 0 Å². The Balaban J connectivity index is 0.000000162. The van der Waals surface area contributed by atoms with Gasteiger partial charge in [0.2, 0.25) is 0 Å². The minimum Gasteiger partial charge on any atom is -0.165 e. The van der Waals surface area contributed by atoms with Gasteiger partial charge in [-0.25, -0.2) is 0 Å². The van der Waals surface area contributed by atoms with Gasteiger partial charge < -0.3 is 0 Å². The van der Waals surface area contributed by atoms with Crippen LogP contribution in [0.15, 0.2) is 72.8 Å². The zero-order valence-corrected chi connectivity index (χ0v) is 18.4. The average Bonchev–Trinajstić information content (AvgIpc) is 3.09. The number of aryl methyl sites for hydroxylation is 1. The third-order valence-electron chi connectivity index (χ3n) is 3.88. The minimum absolute atomic E-state index is 0. The van der Waals surface area contributed by atoms with Crippen molar-refractivity contribution in [1.82, 2.24) is 0 Å². The average molecular weight is 483 g/mol. The maximum atomic E-state index is 2.31. The third kappa shape index (κ3) is 4.49. The molecular weight excluding hydrogens is 462 g/mol. The molecule has 0 unspecified atom stereocenters. The molecule has 0 radical (unpaired) electrons. The smallest absolute Gasteiger partial charge is 0.165 e. The van der Waals surface area contributed by atoms with Crippen LogP contribution in [0.3, 0.4) is 0 Å². The molecule has 2 heteroatoms. The first-order valence-electron chi connectivity index (χ1n) is 7.58. The van der Waals surface area contributed by atoms with E-state index in [1.54, 1.807) is 0 Å². The quantitative estimate of drug-likeness (QED) is 0.183. The molecule has 0 aliphatic heterocycles. The summed E-state index contributed by atoms with van der Waals surface area (Å²) in [4.78, 5) is 0. The topological polar surface area (TPSA) is 0 Å². The SMILES string of the molecule is CP(C)c1cc2ccccc2[cH-]1.Cc1cc2ccccc2[cH-]1.[Hf+4]. The Morgan fingerprint density at radius 1 is 0.739 bits per heavy atom. The number of rotatable bonds is 1. The Bertz CT molecular complexity index is 817. The summed E-state index contributed by atoms with van der Waals surface area (Å²) in [6.07, 6.45) is 0. The van der Waals surface area contributed by atoms with Gasteiger partial charge in [0.05, 0.1) is 0 Å². The molecule has 0 aliphatic carbocycles. The molecule has 4 rings (SSSR count). The summed E-state index contributed by atoms with van der Waals surface area (Å²) >= 11 is 0. The van der Waals surface area contributed by atoms with Crippen molar-refractivity contribution < 1.29 is 25.8 Å². The van der Waals surface area contributed by atoms with Gasteiger partial charge in [0.15, 0.2) is 0 Å². The molecule has 0 heterocycles. The molecule has 0 N–H and O–H groups in total. The number of hydrogen-bond acceptors (Lipinski definition) is 0. The molecule has 0 saturated heterocycles. The van der Waals surface area contributed by atoms with Crippen LogP contribution < -0.4 is 5.30 Å². The van der Waals surface area contributed by atoms with E-state index in [-0.39, 0.29) is 33.8 Å². The molecule has 0 amide bonds. The zero-order valence-electron chi connectivity index (χ0n) is 13.9. The van der Waals surface area contributed by atoms with Crippen molar-refractivity contribution in [2.75, 3.05) is 13.3 Å². The van der Waals surface area contributed by atoms with Crippen LogP contribution >= 0.6 is 7.92 Å². The van der Waals surface area contributed by atoms with Gasteiger partial charge >= 0.3 is 25.8 Å². The summed E-state index contributed by atoms with van der Waals surface area (Å²) in [5, 5.41) is 6.96. The molecule has 0 aliphatic rings. The second kappa shape index (κ2) is 8.18. The van der Waals surface area contributed by atoms with E-state index in [0.717, 1.165) is 0 Å². The predicted molar refractivity (Wildman–Crippen MR) is 102 cm³/mol. The summed E-state index contributed by atoms with van der Waals surface area (Å²) in [6.45, 7) is 6.72. The van der Waals surface area contributed by atoms with Crippen LogP contribution in [0.2, 0.25) is 0 Å². The molecule has 0 spiro atoms. The predicted octanol–water partition coefficient (Wildman–Crippen LogP) is 5.79. The van der Waals surface area contributed by atoms with Gasteiger partial charge in [-0.15, -0.1) is 88.9 Å². The normalized spacial score (nSPS) is 10.4. The van der Waals surface area contributed by atoms with Gasteiger partial charge in [0.1, 0.15) is 0 Å². The van der Waals surface area contributed by atoms with Gasteiger partial charge in [-0.3, -0.25) is 0 Å². The van der Waals surface area contributed by atoms with Gasteiger partial charge in [-0.05, 0) is 13.3 Å². The van der Waals surface area contributed by atoms with E-state index in [9.17, 15) is 0 Å². The fourth-order valence-electron chi connectivity index (χ4n) is 2.70. The minimum atomic E-state index is 0. The van der Waals surface area contributed by atoms with E-state index in [1.165, 1.54) is 32.4 Å². The second-order valence-electron chi connectivity index (χ2n) is 5.90. The summed E-state index contributed by atoms with van der Waals surface area (Å²) in [5.41, 5.74) is 1.35. The van der Waals surface area contributed by atoms with Crippen LogP contribution in [0, 0.1) is 6.92 Å². The standard InChI is InChI=1S/C11H12P.C10H9.Hf/c1-12(2)11-7-9-5-3-4-6-10(9)8-11;1-8-6-9-4-2-3-5-10(9)7-8;/h3-8H,1-2H3;2-7H,1H3;/q2*-1;+4. The van der Waals surface area contributed by atoms with Crippen LogP contribution in [0.1, 0.15) is 5.56 Å². The molecule has 4 aromatic carbocycles. The van der Waals surface area contributed by atoms with Gasteiger partial charge in [0, 0.05) is 0 Å². The summed E-state index contributed by atoms with van der Waals surface area (Å²) in [7, 11) is 0.0576. The summed E-state index contributed by atoms with van der Waals surface area (Å²) < 4.78 is 0. The van der Waals surface area contributed by atoms with Gasteiger partial charge in [-0.2, -0.15) is 12.1 Å². The van der Waals surface area contributed by atoms with Crippen molar-refractivity contribution in [2.24, 2.45) is 0 Å². The van der Waals surface area contributed by atoms with Gasteiger partial charge in [-0.1, -0.05) is 19.1 Å². The first kappa shape index (κ1) is 18.3. The maximum absolute atomic E-state index is 2.31. The van der Waals surface area contributed by atoms with Crippen molar-refractivity contribution in [3.8, 4) is 0 Å². The van der Waals surface area contributed by atoms with Crippen LogP contribution in [-0.4, -0.2) is 13.3 Å². The van der Waals surface area contributed by atoms with Crippen molar-refractivity contribution >= 4 is 34.8 Å². The Morgan fingerprint density at radius 2 is 1.26 bits per heavy atom. The molecule has 0 aromatic heterocycles. The number of benzene rings is 2. The number of fused-ring (bicyclic) bond motifs is 2. The van der Waals surface area contributed by atoms with Crippen LogP contribution in [0.4, 0.5) is 0 Å². The van der Waals surface area contributed by atoms with E-state index in [2.05, 4.69) is 93.0 Å². The van der Waals surface area contributed by atoms with Crippen molar-refractivity contribution in [2.45, 2.75) is 6.92 Å². The first-order valence-corrected chi connectivity index (χ1v) is 9.82.